The fourth-order valence-corrected chi connectivity index (χ4v) is 3.60. The minimum atomic E-state index is -4.04. The van der Waals surface area contributed by atoms with Crippen molar-refractivity contribution in [3.05, 3.63) is 44.6 Å². The van der Waals surface area contributed by atoms with Gasteiger partial charge in [0.15, 0.2) is 5.69 Å². The van der Waals surface area contributed by atoms with Crippen LogP contribution >= 0.6 is 27.3 Å². The number of nitrogens with zero attached hydrogens (tertiary/aromatic N) is 1. The molecule has 1 aromatic carbocycles. The lowest BCUT2D eigenvalue weighted by Gasteiger charge is -2.06. The topological polar surface area (TPSA) is 96.4 Å². The number of hydrogen-bond acceptors (Lipinski definition) is 5. The summed E-state index contributed by atoms with van der Waals surface area (Å²) in [6.07, 6.45) is 0. The summed E-state index contributed by atoms with van der Waals surface area (Å²) in [6.45, 7) is -0.213. The summed E-state index contributed by atoms with van der Waals surface area (Å²) in [5, 5.41) is 10.3. The van der Waals surface area contributed by atoms with E-state index in [4.69, 9.17) is 5.11 Å². The van der Waals surface area contributed by atoms with Crippen LogP contribution in [0.15, 0.2) is 32.9 Å². The van der Waals surface area contributed by atoms with E-state index in [1.54, 1.807) is 0 Å². The number of rotatable bonds is 5. The van der Waals surface area contributed by atoms with Gasteiger partial charge in [-0.25, -0.2) is 27.3 Å². The van der Waals surface area contributed by atoms with Crippen molar-refractivity contribution < 1.29 is 22.7 Å². The largest absolute Gasteiger partial charge is 0.476 e. The SMILES string of the molecule is O=C(O)c1csc(CNS(=O)(=O)c2ccc(Br)cc2F)n1. The zero-order chi connectivity index (χ0) is 15.6. The molecule has 0 spiro atoms. The third-order valence-corrected chi connectivity index (χ3v) is 5.14. The molecule has 0 aliphatic heterocycles. The molecule has 0 unspecified atom stereocenters. The molecule has 0 bridgehead atoms. The molecule has 0 atom stereocenters. The minimum absolute atomic E-state index is 0.163. The second kappa shape index (κ2) is 6.18. The molecule has 0 aliphatic carbocycles. The molecule has 1 aromatic heterocycles. The number of carboxylic acid groups (broad SMARTS) is 1. The Hall–Kier alpha value is -1.36. The molecule has 6 nitrogen and oxygen atoms in total. The number of thiazole rings is 1. The quantitative estimate of drug-likeness (QED) is 0.810. The van der Waals surface area contributed by atoms with Gasteiger partial charge in [0, 0.05) is 9.85 Å². The van der Waals surface area contributed by atoms with E-state index in [-0.39, 0.29) is 17.2 Å². The highest BCUT2D eigenvalue weighted by Crippen LogP contribution is 2.19. The lowest BCUT2D eigenvalue weighted by Crippen LogP contribution is -2.24. The van der Waals surface area contributed by atoms with Crippen LogP contribution in [0.25, 0.3) is 0 Å². The molecule has 0 fully saturated rings. The highest BCUT2D eigenvalue weighted by molar-refractivity contribution is 9.10. The molecule has 2 rings (SSSR count). The maximum atomic E-state index is 13.6. The van der Waals surface area contributed by atoms with Crippen molar-refractivity contribution in [3.8, 4) is 0 Å². The molecule has 1 heterocycles. The summed E-state index contributed by atoms with van der Waals surface area (Å²) in [5.41, 5.74) is -0.163. The van der Waals surface area contributed by atoms with E-state index in [1.165, 1.54) is 11.4 Å². The third kappa shape index (κ3) is 3.84. The Kier molecular flexibility index (Phi) is 4.71. The van der Waals surface area contributed by atoms with E-state index in [0.29, 0.717) is 4.47 Å². The van der Waals surface area contributed by atoms with Crippen LogP contribution in [0.3, 0.4) is 0 Å². The summed E-state index contributed by atoms with van der Waals surface area (Å²) in [4.78, 5) is 13.9. The Morgan fingerprint density at radius 2 is 2.19 bits per heavy atom. The van der Waals surface area contributed by atoms with Gasteiger partial charge in [-0.1, -0.05) is 15.9 Å². The first-order valence-electron chi connectivity index (χ1n) is 5.42. The van der Waals surface area contributed by atoms with Crippen LogP contribution in [0.2, 0.25) is 0 Å². The second-order valence-corrected chi connectivity index (χ2v) is 7.42. The highest BCUT2D eigenvalue weighted by Gasteiger charge is 2.19. The molecule has 2 aromatic rings. The van der Waals surface area contributed by atoms with Gasteiger partial charge in [-0.2, -0.15) is 0 Å². The molecule has 0 saturated heterocycles. The molecule has 112 valence electrons. The van der Waals surface area contributed by atoms with Crippen LogP contribution in [-0.2, 0) is 16.6 Å². The van der Waals surface area contributed by atoms with Crippen molar-refractivity contribution in [2.24, 2.45) is 0 Å². The Morgan fingerprint density at radius 1 is 1.48 bits per heavy atom. The average molecular weight is 395 g/mol. The van der Waals surface area contributed by atoms with Crippen LogP contribution < -0.4 is 4.72 Å². The van der Waals surface area contributed by atoms with Gasteiger partial charge in [-0.15, -0.1) is 11.3 Å². The predicted molar refractivity (Wildman–Crippen MR) is 77.2 cm³/mol. The van der Waals surface area contributed by atoms with Gasteiger partial charge in [-0.3, -0.25) is 0 Å². The average Bonchev–Trinajstić information content (AvgIpc) is 2.85. The first kappa shape index (κ1) is 16.0. The summed E-state index contributed by atoms with van der Waals surface area (Å²) in [7, 11) is -4.04. The first-order chi connectivity index (χ1) is 9.79. The monoisotopic (exact) mass is 394 g/mol. The fourth-order valence-electron chi connectivity index (χ4n) is 1.42. The van der Waals surface area contributed by atoms with Crippen molar-refractivity contribution in [1.82, 2.24) is 9.71 Å². The van der Waals surface area contributed by atoms with Crippen LogP contribution in [0, 0.1) is 5.82 Å². The molecule has 0 amide bonds. The molecule has 0 saturated carbocycles. The molecular formula is C11H8BrFN2O4S2. The number of carboxylic acids is 1. The summed E-state index contributed by atoms with van der Waals surface area (Å²) in [6, 6.07) is 3.58. The van der Waals surface area contributed by atoms with E-state index >= 15 is 0 Å². The summed E-state index contributed by atoms with van der Waals surface area (Å²) < 4.78 is 40.2. The van der Waals surface area contributed by atoms with Gasteiger partial charge in [0.05, 0.1) is 6.54 Å². The number of carbonyl (C=O) groups is 1. The molecule has 0 radical (unpaired) electrons. The van der Waals surface area contributed by atoms with Crippen molar-refractivity contribution >= 4 is 43.3 Å². The molecule has 0 aliphatic rings. The zero-order valence-corrected chi connectivity index (χ0v) is 13.4. The third-order valence-electron chi connectivity index (χ3n) is 2.37. The van der Waals surface area contributed by atoms with Gasteiger partial charge in [-0.05, 0) is 18.2 Å². The second-order valence-electron chi connectivity index (χ2n) is 3.83. The number of aromatic carboxylic acids is 1. The zero-order valence-electron chi connectivity index (χ0n) is 10.2. The van der Waals surface area contributed by atoms with Crippen molar-refractivity contribution in [2.45, 2.75) is 11.4 Å². The molecular weight excluding hydrogens is 387 g/mol. The van der Waals surface area contributed by atoms with E-state index in [9.17, 15) is 17.6 Å². The van der Waals surface area contributed by atoms with Gasteiger partial charge in [0.2, 0.25) is 10.0 Å². The molecule has 21 heavy (non-hydrogen) atoms. The summed E-state index contributed by atoms with van der Waals surface area (Å²) in [5.74, 6) is -2.08. The van der Waals surface area contributed by atoms with Crippen LogP contribution in [-0.4, -0.2) is 24.5 Å². The maximum absolute atomic E-state index is 13.6. The summed E-state index contributed by atoms with van der Waals surface area (Å²) >= 11 is 4.04. The molecule has 2 N–H and O–H groups in total. The van der Waals surface area contributed by atoms with Crippen LogP contribution in [0.5, 0.6) is 0 Å². The Morgan fingerprint density at radius 3 is 2.76 bits per heavy atom. The number of halogens is 2. The Labute approximate surface area is 131 Å². The predicted octanol–water partition coefficient (Wildman–Crippen LogP) is 2.22. The first-order valence-corrected chi connectivity index (χ1v) is 8.57. The van der Waals surface area contributed by atoms with E-state index in [0.717, 1.165) is 23.5 Å². The maximum Gasteiger partial charge on any atom is 0.355 e. The van der Waals surface area contributed by atoms with Crippen LogP contribution in [0.4, 0.5) is 4.39 Å². The molecule has 10 heteroatoms. The minimum Gasteiger partial charge on any atom is -0.476 e. The Bertz CT molecular complexity index is 791. The number of sulfonamides is 1. The lowest BCUT2D eigenvalue weighted by molar-refractivity contribution is 0.0691. The highest BCUT2D eigenvalue weighted by atomic mass is 79.9. The van der Waals surface area contributed by atoms with Gasteiger partial charge < -0.3 is 5.11 Å². The number of benzene rings is 1. The number of aromatic nitrogens is 1. The lowest BCUT2D eigenvalue weighted by atomic mass is 10.3. The normalized spacial score (nSPS) is 11.5. The van der Waals surface area contributed by atoms with Crippen molar-refractivity contribution in [3.63, 3.8) is 0 Å². The van der Waals surface area contributed by atoms with Crippen molar-refractivity contribution in [1.29, 1.82) is 0 Å². The van der Waals surface area contributed by atoms with Gasteiger partial charge >= 0.3 is 5.97 Å². The number of nitrogens with one attached hydrogen (secondary N) is 1. The smallest absolute Gasteiger partial charge is 0.355 e. The fraction of sp³-hybridized carbons (Fsp3) is 0.0909. The van der Waals surface area contributed by atoms with E-state index in [2.05, 4.69) is 25.6 Å². The van der Waals surface area contributed by atoms with Gasteiger partial charge in [0.1, 0.15) is 15.7 Å². The standard InChI is InChI=1S/C11H8BrFN2O4S2/c12-6-1-2-9(7(13)3-6)21(18,19)14-4-10-15-8(5-20-10)11(16)17/h1-3,5,14H,4H2,(H,16,17). The van der Waals surface area contributed by atoms with E-state index in [1.807, 2.05) is 0 Å². The van der Waals surface area contributed by atoms with E-state index < -0.39 is 26.7 Å². The number of hydrogen-bond donors (Lipinski definition) is 2. The Balaban J connectivity index is 2.15. The van der Waals surface area contributed by atoms with Crippen LogP contribution in [0.1, 0.15) is 15.5 Å². The van der Waals surface area contributed by atoms with Gasteiger partial charge in [0.25, 0.3) is 0 Å². The van der Waals surface area contributed by atoms with Crippen molar-refractivity contribution in [2.75, 3.05) is 0 Å².